The maximum absolute atomic E-state index is 12.9. The molecule has 0 aliphatic heterocycles. The quantitative estimate of drug-likeness (QED) is 0.171. The van der Waals surface area contributed by atoms with E-state index in [9.17, 15) is 44.3 Å². The van der Waals surface area contributed by atoms with E-state index in [2.05, 4.69) is 4.98 Å². The number of hydrogen-bond donors (Lipinski definition) is 0. The fraction of sp³-hybridized carbons (Fsp3) is 0.286. The van der Waals surface area contributed by atoms with E-state index in [4.69, 9.17) is 11.6 Å². The number of benzene rings is 1. The zero-order chi connectivity index (χ0) is 22.4. The Morgan fingerprint density at radius 2 is 1.45 bits per heavy atom. The number of anilines is 1. The Morgan fingerprint density at radius 3 is 1.79 bits per heavy atom. The lowest BCUT2D eigenvalue weighted by Gasteiger charge is -2.19. The Kier molecular flexibility index (Phi) is 6.69. The molecule has 0 atom stereocenters. The van der Waals surface area contributed by atoms with Crippen molar-refractivity contribution in [2.45, 2.75) is 18.5 Å². The topological polar surface area (TPSA) is 33.2 Å². The van der Waals surface area contributed by atoms with Crippen LogP contribution in [0, 0.1) is 0 Å². The summed E-state index contributed by atoms with van der Waals surface area (Å²) >= 11 is 7.15. The molecule has 0 spiro atoms. The Bertz CT molecular complexity index is 891. The van der Waals surface area contributed by atoms with Crippen LogP contribution in [0.4, 0.5) is 44.6 Å². The average Bonchev–Trinajstić information content (AvgIpc) is 2.95. The normalized spacial score (nSPS) is 12.9. The molecule has 0 bridgehead atoms. The van der Waals surface area contributed by atoms with Gasteiger partial charge in [0, 0.05) is 5.56 Å². The summed E-state index contributed by atoms with van der Waals surface area (Å²) in [5.74, 6) is -1.41. The summed E-state index contributed by atoms with van der Waals surface area (Å²) in [6, 6.07) is 0.181. The number of rotatable bonds is 3. The summed E-state index contributed by atoms with van der Waals surface area (Å²) < 4.78 is 115. The van der Waals surface area contributed by atoms with Crippen molar-refractivity contribution in [3.05, 3.63) is 44.9 Å². The number of hydrogen-bond acceptors (Lipinski definition) is 3. The summed E-state index contributed by atoms with van der Waals surface area (Å²) in [4.78, 5) is 16.2. The molecule has 29 heavy (non-hydrogen) atoms. The van der Waals surface area contributed by atoms with Crippen LogP contribution < -0.4 is 4.90 Å². The highest BCUT2D eigenvalue weighted by atomic mass is 127. The van der Waals surface area contributed by atoms with Crippen molar-refractivity contribution in [2.24, 2.45) is 0 Å². The molecule has 1 amide bonds. The molecule has 1 aromatic heterocycles. The van der Waals surface area contributed by atoms with E-state index in [0.717, 1.165) is 0 Å². The summed E-state index contributed by atoms with van der Waals surface area (Å²) in [7, 11) is 0. The van der Waals surface area contributed by atoms with Crippen molar-refractivity contribution in [2.75, 3.05) is 9.45 Å². The van der Waals surface area contributed by atoms with Crippen molar-refractivity contribution in [1.29, 1.82) is 0 Å². The number of halogens is 11. The van der Waals surface area contributed by atoms with Gasteiger partial charge in [-0.05, 0) is 18.2 Å². The standard InChI is InChI=1S/C14H5ClF9IN2OS/c15-9-8(14(22,23)24)26-11(29-9)27(4-25)10(28)5-1-6(12(16,17)18)3-7(2-5)13(19,20)21/h1-3H,4H2. The van der Waals surface area contributed by atoms with E-state index >= 15 is 0 Å². The van der Waals surface area contributed by atoms with Crippen LogP contribution in [0.15, 0.2) is 18.2 Å². The van der Waals surface area contributed by atoms with E-state index in [0.29, 0.717) is 4.90 Å². The maximum atomic E-state index is 12.9. The molecular weight excluding hydrogens is 578 g/mol. The molecule has 0 radical (unpaired) electrons. The Labute approximate surface area is 178 Å². The largest absolute Gasteiger partial charge is 0.435 e. The molecule has 15 heteroatoms. The highest BCUT2D eigenvalue weighted by molar-refractivity contribution is 14.1. The van der Waals surface area contributed by atoms with Crippen LogP contribution >= 0.6 is 45.5 Å². The zero-order valence-corrected chi connectivity index (χ0v) is 17.0. The SMILES string of the molecule is O=C(c1cc(C(F)(F)F)cc(C(F)(F)F)c1)N(CI)c1nc(C(F)(F)F)c(Cl)s1. The van der Waals surface area contributed by atoms with Gasteiger partial charge in [-0.2, -0.15) is 39.5 Å². The van der Waals surface area contributed by atoms with Gasteiger partial charge in [-0.3, -0.25) is 9.69 Å². The van der Waals surface area contributed by atoms with Crippen molar-refractivity contribution in [3.8, 4) is 0 Å². The summed E-state index contributed by atoms with van der Waals surface area (Å²) in [6.45, 7) is 0. The summed E-state index contributed by atoms with van der Waals surface area (Å²) in [6.07, 6.45) is -15.4. The van der Waals surface area contributed by atoms with Crippen molar-refractivity contribution < 1.29 is 44.3 Å². The van der Waals surface area contributed by atoms with Crippen LogP contribution in [0.5, 0.6) is 0 Å². The number of amides is 1. The van der Waals surface area contributed by atoms with Gasteiger partial charge in [0.05, 0.1) is 15.7 Å². The Morgan fingerprint density at radius 1 is 0.966 bits per heavy atom. The second-order valence-corrected chi connectivity index (χ2v) is 7.53. The molecule has 2 rings (SSSR count). The van der Waals surface area contributed by atoms with Gasteiger partial charge in [0.2, 0.25) is 0 Å². The predicted octanol–water partition coefficient (Wildman–Crippen LogP) is 6.89. The second kappa shape index (κ2) is 8.09. The third-order valence-electron chi connectivity index (χ3n) is 3.27. The fourth-order valence-electron chi connectivity index (χ4n) is 2.01. The molecule has 160 valence electrons. The highest BCUT2D eigenvalue weighted by Gasteiger charge is 2.40. The van der Waals surface area contributed by atoms with Crippen LogP contribution in [0.3, 0.4) is 0 Å². The van der Waals surface area contributed by atoms with Crippen LogP contribution in [0.2, 0.25) is 4.34 Å². The fourth-order valence-corrected chi connectivity index (χ4v) is 4.04. The van der Waals surface area contributed by atoms with Crippen LogP contribution in [-0.4, -0.2) is 15.4 Å². The Balaban J connectivity index is 2.57. The molecule has 2 aromatic rings. The van der Waals surface area contributed by atoms with Gasteiger partial charge >= 0.3 is 18.5 Å². The first-order valence-electron chi connectivity index (χ1n) is 6.96. The summed E-state index contributed by atoms with van der Waals surface area (Å²) in [5, 5.41) is -0.632. The first-order valence-corrected chi connectivity index (χ1v) is 9.68. The monoisotopic (exact) mass is 582 g/mol. The minimum Gasteiger partial charge on any atom is -0.274 e. The molecule has 0 fully saturated rings. The minimum absolute atomic E-state index is 0.173. The second-order valence-electron chi connectivity index (χ2n) is 5.26. The molecule has 0 saturated heterocycles. The minimum atomic E-state index is -5.20. The van der Waals surface area contributed by atoms with Gasteiger partial charge in [0.15, 0.2) is 10.8 Å². The van der Waals surface area contributed by atoms with Crippen LogP contribution in [0.1, 0.15) is 27.2 Å². The van der Waals surface area contributed by atoms with Gasteiger partial charge in [0.1, 0.15) is 4.34 Å². The van der Waals surface area contributed by atoms with Crippen LogP contribution in [-0.2, 0) is 18.5 Å². The first-order chi connectivity index (χ1) is 13.1. The molecule has 0 aliphatic carbocycles. The van der Waals surface area contributed by atoms with Crippen molar-refractivity contribution in [1.82, 2.24) is 4.98 Å². The van der Waals surface area contributed by atoms with Crippen molar-refractivity contribution >= 4 is 56.6 Å². The maximum Gasteiger partial charge on any atom is 0.435 e. The molecule has 0 aliphatic rings. The van der Waals surface area contributed by atoms with Gasteiger partial charge in [-0.1, -0.05) is 45.5 Å². The van der Waals surface area contributed by atoms with Gasteiger partial charge in [0.25, 0.3) is 5.91 Å². The third kappa shape index (κ3) is 5.45. The molecule has 1 aromatic carbocycles. The van der Waals surface area contributed by atoms with E-state index in [1.807, 2.05) is 0 Å². The van der Waals surface area contributed by atoms with E-state index in [1.165, 1.54) is 22.6 Å². The lowest BCUT2D eigenvalue weighted by molar-refractivity contribution is -0.143. The number of carbonyl (C=O) groups excluding carboxylic acids is 1. The first kappa shape index (κ1) is 24.0. The van der Waals surface area contributed by atoms with E-state index < -0.39 is 60.8 Å². The molecule has 1 heterocycles. The van der Waals surface area contributed by atoms with E-state index in [1.54, 1.807) is 0 Å². The molecule has 0 N–H and O–H groups in total. The van der Waals surface area contributed by atoms with Crippen LogP contribution in [0.25, 0.3) is 0 Å². The summed E-state index contributed by atoms with van der Waals surface area (Å²) in [5.41, 5.74) is -6.03. The number of nitrogens with zero attached hydrogens (tertiary/aromatic N) is 2. The smallest absolute Gasteiger partial charge is 0.274 e. The van der Waals surface area contributed by atoms with Gasteiger partial charge in [-0.15, -0.1) is 0 Å². The number of aromatic nitrogens is 1. The molecule has 0 unspecified atom stereocenters. The Hall–Kier alpha value is -1.29. The number of carbonyl (C=O) groups is 1. The molecule has 0 saturated carbocycles. The predicted molar refractivity (Wildman–Crippen MR) is 94.3 cm³/mol. The third-order valence-corrected chi connectivity index (χ3v) is 5.23. The average molecular weight is 583 g/mol. The van der Waals surface area contributed by atoms with Gasteiger partial charge < -0.3 is 0 Å². The lowest BCUT2D eigenvalue weighted by atomic mass is 10.0. The molecular formula is C14H5ClF9IN2OS. The van der Waals surface area contributed by atoms with Crippen molar-refractivity contribution in [3.63, 3.8) is 0 Å². The van der Waals surface area contributed by atoms with Gasteiger partial charge in [-0.25, -0.2) is 4.98 Å². The highest BCUT2D eigenvalue weighted by Crippen LogP contribution is 2.41. The molecule has 3 nitrogen and oxygen atoms in total. The zero-order valence-electron chi connectivity index (χ0n) is 13.3. The lowest BCUT2D eigenvalue weighted by Crippen LogP contribution is -2.30. The van der Waals surface area contributed by atoms with E-state index in [-0.39, 0.29) is 29.5 Å². The number of thiazole rings is 1. The number of alkyl halides is 10.